The second-order valence-electron chi connectivity index (χ2n) is 6.09. The Hall–Kier alpha value is -2.25. The van der Waals surface area contributed by atoms with Crippen LogP contribution < -0.4 is 5.32 Å². The van der Waals surface area contributed by atoms with Crippen LogP contribution in [0.25, 0.3) is 0 Å². The van der Waals surface area contributed by atoms with E-state index in [1.54, 1.807) is 10.9 Å². The molecule has 0 radical (unpaired) electrons. The number of amides is 1. The normalized spacial score (nSPS) is 17.3. The van der Waals surface area contributed by atoms with E-state index in [1.165, 1.54) is 12.8 Å². The predicted octanol–water partition coefficient (Wildman–Crippen LogP) is 0.546. The zero-order valence-electron chi connectivity index (χ0n) is 12.4. The first-order valence-electron chi connectivity index (χ1n) is 7.89. The average Bonchev–Trinajstić information content (AvgIpc) is 3.07. The summed E-state index contributed by atoms with van der Waals surface area (Å²) in [5.41, 5.74) is 0.360. The molecule has 0 saturated heterocycles. The molecular weight excluding hydrogens is 282 g/mol. The molecule has 8 nitrogen and oxygen atoms in total. The van der Waals surface area contributed by atoms with E-state index < -0.39 is 0 Å². The number of fused-ring (bicyclic) bond motifs is 1. The van der Waals surface area contributed by atoms with Gasteiger partial charge in [0.15, 0.2) is 11.5 Å². The van der Waals surface area contributed by atoms with Gasteiger partial charge in [0.1, 0.15) is 5.82 Å². The van der Waals surface area contributed by atoms with Crippen LogP contribution in [-0.4, -0.2) is 35.7 Å². The summed E-state index contributed by atoms with van der Waals surface area (Å²) in [6, 6.07) is 0. The molecule has 1 N–H and O–H groups in total. The van der Waals surface area contributed by atoms with Crippen LogP contribution in [0.1, 0.15) is 47.8 Å². The average molecular weight is 301 g/mol. The molecular formula is C14H19N7O. The van der Waals surface area contributed by atoms with Gasteiger partial charge < -0.3 is 9.88 Å². The highest BCUT2D eigenvalue weighted by Crippen LogP contribution is 2.30. The highest BCUT2D eigenvalue weighted by molar-refractivity contribution is 5.91. The standard InChI is InChI=1S/C14H19N7O/c22-14(11-9-20(19-16-11)8-10-4-5-10)15-7-13-18-17-12-3-1-2-6-21(12)13/h9-10H,1-8H2,(H,15,22). The Labute approximate surface area is 127 Å². The summed E-state index contributed by atoms with van der Waals surface area (Å²) in [5.74, 6) is 2.33. The van der Waals surface area contributed by atoms with Gasteiger partial charge in [0, 0.05) is 19.5 Å². The van der Waals surface area contributed by atoms with Gasteiger partial charge in [0.25, 0.3) is 5.91 Å². The second-order valence-corrected chi connectivity index (χ2v) is 6.09. The molecule has 2 aliphatic rings. The number of hydrogen-bond donors (Lipinski definition) is 1. The van der Waals surface area contributed by atoms with Crippen molar-refractivity contribution >= 4 is 5.91 Å². The van der Waals surface area contributed by atoms with Crippen molar-refractivity contribution in [3.05, 3.63) is 23.5 Å². The predicted molar refractivity (Wildman–Crippen MR) is 76.9 cm³/mol. The first kappa shape index (κ1) is 13.4. The molecule has 4 rings (SSSR count). The molecule has 1 amide bonds. The third-order valence-corrected chi connectivity index (χ3v) is 4.26. The minimum absolute atomic E-state index is 0.213. The van der Waals surface area contributed by atoms with Crippen molar-refractivity contribution < 1.29 is 4.79 Å². The van der Waals surface area contributed by atoms with Crippen molar-refractivity contribution in [2.24, 2.45) is 5.92 Å². The molecule has 1 aliphatic carbocycles. The van der Waals surface area contributed by atoms with Crippen LogP contribution in [0.4, 0.5) is 0 Å². The van der Waals surface area contributed by atoms with Gasteiger partial charge in [-0.25, -0.2) is 0 Å². The van der Waals surface area contributed by atoms with Gasteiger partial charge in [-0.05, 0) is 31.6 Å². The van der Waals surface area contributed by atoms with Crippen LogP contribution in [0.3, 0.4) is 0 Å². The number of carbonyl (C=O) groups excluding carboxylic acids is 1. The highest BCUT2D eigenvalue weighted by Gasteiger charge is 2.23. The quantitative estimate of drug-likeness (QED) is 0.870. The van der Waals surface area contributed by atoms with E-state index in [9.17, 15) is 4.79 Å². The number of nitrogens with one attached hydrogen (secondary N) is 1. The summed E-state index contributed by atoms with van der Waals surface area (Å²) in [7, 11) is 0. The molecule has 2 aromatic rings. The van der Waals surface area contributed by atoms with Crippen LogP contribution >= 0.6 is 0 Å². The minimum atomic E-state index is -0.213. The Kier molecular flexibility index (Phi) is 3.36. The molecule has 116 valence electrons. The number of hydrogen-bond acceptors (Lipinski definition) is 5. The highest BCUT2D eigenvalue weighted by atomic mass is 16.2. The van der Waals surface area contributed by atoms with Gasteiger partial charge in [0.2, 0.25) is 0 Å². The largest absolute Gasteiger partial charge is 0.343 e. The van der Waals surface area contributed by atoms with Crippen LogP contribution in [0.15, 0.2) is 6.20 Å². The third kappa shape index (κ3) is 2.72. The van der Waals surface area contributed by atoms with Crippen molar-refractivity contribution in [3.8, 4) is 0 Å². The van der Waals surface area contributed by atoms with Gasteiger partial charge in [0.05, 0.1) is 12.7 Å². The molecule has 3 heterocycles. The van der Waals surface area contributed by atoms with E-state index in [-0.39, 0.29) is 5.91 Å². The summed E-state index contributed by atoms with van der Waals surface area (Å²) in [6.07, 6.45) is 7.48. The maximum absolute atomic E-state index is 12.1. The maximum Gasteiger partial charge on any atom is 0.273 e. The molecule has 22 heavy (non-hydrogen) atoms. The lowest BCUT2D eigenvalue weighted by Gasteiger charge is -2.14. The van der Waals surface area contributed by atoms with Crippen molar-refractivity contribution in [2.75, 3.05) is 0 Å². The van der Waals surface area contributed by atoms with Crippen molar-refractivity contribution in [1.29, 1.82) is 0 Å². The first-order chi connectivity index (χ1) is 10.8. The number of rotatable bonds is 5. The fraction of sp³-hybridized carbons (Fsp3) is 0.643. The number of nitrogens with zero attached hydrogens (tertiary/aromatic N) is 6. The molecule has 0 atom stereocenters. The van der Waals surface area contributed by atoms with Crippen LogP contribution in [-0.2, 0) is 26.1 Å². The minimum Gasteiger partial charge on any atom is -0.343 e. The molecule has 0 aromatic carbocycles. The zero-order chi connectivity index (χ0) is 14.9. The third-order valence-electron chi connectivity index (χ3n) is 4.26. The Morgan fingerprint density at radius 2 is 2.18 bits per heavy atom. The Bertz CT molecular complexity index is 685. The molecule has 8 heteroatoms. The van der Waals surface area contributed by atoms with E-state index in [2.05, 4.69) is 30.4 Å². The Morgan fingerprint density at radius 3 is 3.05 bits per heavy atom. The number of aryl methyl sites for hydroxylation is 1. The summed E-state index contributed by atoms with van der Waals surface area (Å²) in [4.78, 5) is 12.1. The van der Waals surface area contributed by atoms with E-state index in [1.807, 2.05) is 0 Å². The summed E-state index contributed by atoms with van der Waals surface area (Å²) in [6.45, 7) is 2.17. The van der Waals surface area contributed by atoms with Gasteiger partial charge in [-0.15, -0.1) is 15.3 Å². The molecule has 1 fully saturated rings. The van der Waals surface area contributed by atoms with E-state index >= 15 is 0 Å². The topological polar surface area (TPSA) is 90.5 Å². The molecule has 1 aliphatic heterocycles. The van der Waals surface area contributed by atoms with E-state index in [0.717, 1.165) is 44.0 Å². The SMILES string of the molecule is O=C(NCc1nnc2n1CCCC2)c1cn(CC2CC2)nn1. The Morgan fingerprint density at radius 1 is 1.27 bits per heavy atom. The van der Waals surface area contributed by atoms with Gasteiger partial charge >= 0.3 is 0 Å². The fourth-order valence-corrected chi connectivity index (χ4v) is 2.81. The smallest absolute Gasteiger partial charge is 0.273 e. The molecule has 1 saturated carbocycles. The summed E-state index contributed by atoms with van der Waals surface area (Å²) < 4.78 is 3.86. The summed E-state index contributed by atoms with van der Waals surface area (Å²) in [5, 5.41) is 19.2. The number of aromatic nitrogens is 6. The van der Waals surface area contributed by atoms with Gasteiger partial charge in [-0.2, -0.15) is 0 Å². The monoisotopic (exact) mass is 301 g/mol. The van der Waals surface area contributed by atoms with Crippen LogP contribution in [0.2, 0.25) is 0 Å². The molecule has 0 spiro atoms. The van der Waals surface area contributed by atoms with Gasteiger partial charge in [-0.3, -0.25) is 9.48 Å². The summed E-state index contributed by atoms with van der Waals surface area (Å²) >= 11 is 0. The van der Waals surface area contributed by atoms with E-state index in [4.69, 9.17) is 0 Å². The zero-order valence-corrected chi connectivity index (χ0v) is 12.4. The lowest BCUT2D eigenvalue weighted by Crippen LogP contribution is -2.26. The van der Waals surface area contributed by atoms with Crippen LogP contribution in [0.5, 0.6) is 0 Å². The van der Waals surface area contributed by atoms with Gasteiger partial charge in [-0.1, -0.05) is 5.21 Å². The molecule has 0 bridgehead atoms. The molecule has 2 aromatic heterocycles. The van der Waals surface area contributed by atoms with E-state index in [0.29, 0.717) is 18.2 Å². The maximum atomic E-state index is 12.1. The Balaban J connectivity index is 1.37. The fourth-order valence-electron chi connectivity index (χ4n) is 2.81. The van der Waals surface area contributed by atoms with Crippen LogP contribution in [0, 0.1) is 5.92 Å². The van der Waals surface area contributed by atoms with Crippen molar-refractivity contribution in [3.63, 3.8) is 0 Å². The van der Waals surface area contributed by atoms with Crippen molar-refractivity contribution in [1.82, 2.24) is 35.1 Å². The lowest BCUT2D eigenvalue weighted by molar-refractivity contribution is 0.0944. The number of carbonyl (C=O) groups is 1. The molecule has 0 unspecified atom stereocenters. The first-order valence-corrected chi connectivity index (χ1v) is 7.89. The second kappa shape index (κ2) is 5.51. The lowest BCUT2D eigenvalue weighted by atomic mass is 10.2. The van der Waals surface area contributed by atoms with Crippen molar-refractivity contribution in [2.45, 2.75) is 51.7 Å².